The number of hydrogen-bond acceptors (Lipinski definition) is 4. The summed E-state index contributed by atoms with van der Waals surface area (Å²) in [6, 6.07) is 6.25. The number of benzene rings is 1. The van der Waals surface area contributed by atoms with Gasteiger partial charge in [0, 0.05) is 17.1 Å². The number of rotatable bonds is 7. The van der Waals surface area contributed by atoms with Gasteiger partial charge >= 0.3 is 5.97 Å². The Morgan fingerprint density at radius 2 is 2.14 bits per heavy atom. The van der Waals surface area contributed by atoms with Crippen molar-refractivity contribution in [2.75, 3.05) is 20.3 Å². The van der Waals surface area contributed by atoms with Crippen molar-refractivity contribution in [1.82, 2.24) is 4.90 Å². The molecule has 0 aromatic heterocycles. The topological polar surface area (TPSA) is 66.8 Å². The van der Waals surface area contributed by atoms with Crippen LogP contribution in [0.2, 0.25) is 5.02 Å². The first-order valence-electron chi connectivity index (χ1n) is 6.77. The molecule has 1 unspecified atom stereocenters. The molecule has 1 aromatic rings. The molecular formula is C15H20ClNO4. The molecule has 1 atom stereocenters. The van der Waals surface area contributed by atoms with Crippen LogP contribution in [0.15, 0.2) is 24.3 Å². The lowest BCUT2D eigenvalue weighted by molar-refractivity contribution is -0.140. The molecule has 0 saturated carbocycles. The number of halogens is 1. The highest BCUT2D eigenvalue weighted by molar-refractivity contribution is 6.30. The molecule has 0 aliphatic rings. The van der Waals surface area contributed by atoms with Gasteiger partial charge in [-0.3, -0.25) is 9.59 Å². The maximum atomic E-state index is 12.6. The van der Waals surface area contributed by atoms with Gasteiger partial charge in [-0.2, -0.15) is 0 Å². The molecule has 0 spiro atoms. The van der Waals surface area contributed by atoms with Crippen LogP contribution in [0.1, 0.15) is 30.1 Å². The molecule has 6 heteroatoms. The number of aliphatic hydroxyl groups is 1. The monoisotopic (exact) mass is 313 g/mol. The lowest BCUT2D eigenvalue weighted by atomic mass is 10.1. The average Bonchev–Trinajstić information content (AvgIpc) is 2.50. The van der Waals surface area contributed by atoms with E-state index in [1.807, 2.05) is 6.92 Å². The Balaban J connectivity index is 2.93. The van der Waals surface area contributed by atoms with Crippen molar-refractivity contribution in [1.29, 1.82) is 0 Å². The van der Waals surface area contributed by atoms with Crippen molar-refractivity contribution in [3.05, 3.63) is 34.9 Å². The number of carbonyl (C=O) groups is 2. The fourth-order valence-corrected chi connectivity index (χ4v) is 2.19. The molecule has 0 aliphatic carbocycles. The minimum Gasteiger partial charge on any atom is -0.469 e. The van der Waals surface area contributed by atoms with Crippen molar-refractivity contribution in [2.45, 2.75) is 25.8 Å². The Labute approximate surface area is 129 Å². The normalized spacial score (nSPS) is 11.8. The molecule has 0 saturated heterocycles. The molecule has 0 heterocycles. The number of ether oxygens (including phenoxy) is 1. The fraction of sp³-hybridized carbons (Fsp3) is 0.467. The third kappa shape index (κ3) is 5.02. The van der Waals surface area contributed by atoms with E-state index >= 15 is 0 Å². The number of amides is 1. The number of esters is 1. The second-order valence-corrected chi connectivity index (χ2v) is 5.02. The molecule has 1 amide bonds. The Kier molecular flexibility index (Phi) is 7.19. The lowest BCUT2D eigenvalue weighted by Gasteiger charge is -2.29. The summed E-state index contributed by atoms with van der Waals surface area (Å²) in [5, 5.41) is 9.90. The van der Waals surface area contributed by atoms with E-state index in [1.165, 1.54) is 12.0 Å². The van der Waals surface area contributed by atoms with Gasteiger partial charge in [-0.05, 0) is 24.6 Å². The first-order valence-corrected chi connectivity index (χ1v) is 7.15. The average molecular weight is 314 g/mol. The number of aliphatic hydroxyl groups excluding tert-OH is 1. The summed E-state index contributed by atoms with van der Waals surface area (Å²) in [7, 11) is 1.30. The summed E-state index contributed by atoms with van der Waals surface area (Å²) in [6.45, 7) is 1.90. The third-order valence-electron chi connectivity index (χ3n) is 3.24. The van der Waals surface area contributed by atoms with E-state index in [1.54, 1.807) is 24.3 Å². The van der Waals surface area contributed by atoms with Crippen molar-refractivity contribution in [2.24, 2.45) is 0 Å². The second-order valence-electron chi connectivity index (χ2n) is 4.58. The summed E-state index contributed by atoms with van der Waals surface area (Å²) in [4.78, 5) is 25.3. The minimum atomic E-state index is -0.397. The van der Waals surface area contributed by atoms with Crippen LogP contribution >= 0.6 is 11.6 Å². The summed E-state index contributed by atoms with van der Waals surface area (Å²) in [5.74, 6) is -0.658. The predicted octanol–water partition coefficient (Wildman–Crippen LogP) is 2.12. The highest BCUT2D eigenvalue weighted by Gasteiger charge is 2.24. The standard InChI is InChI=1S/C15H20ClNO4/c1-3-13(10-18)17(8-7-14(19)21-2)15(20)11-5-4-6-12(16)9-11/h4-6,9,13,18H,3,7-8,10H2,1-2H3. The van der Waals surface area contributed by atoms with E-state index < -0.39 is 5.97 Å². The number of carbonyl (C=O) groups excluding carboxylic acids is 2. The zero-order chi connectivity index (χ0) is 15.8. The van der Waals surface area contributed by atoms with Crippen LogP contribution < -0.4 is 0 Å². The Bertz CT molecular complexity index is 488. The van der Waals surface area contributed by atoms with E-state index in [0.29, 0.717) is 17.0 Å². The summed E-state index contributed by atoms with van der Waals surface area (Å²) in [6.07, 6.45) is 0.670. The number of hydrogen-bond donors (Lipinski definition) is 1. The van der Waals surface area contributed by atoms with Gasteiger partial charge in [0.2, 0.25) is 0 Å². The SMILES string of the molecule is CCC(CO)N(CCC(=O)OC)C(=O)c1cccc(Cl)c1. The first kappa shape index (κ1) is 17.5. The van der Waals surface area contributed by atoms with Crippen molar-refractivity contribution in [3.63, 3.8) is 0 Å². The smallest absolute Gasteiger partial charge is 0.307 e. The molecule has 0 aliphatic heterocycles. The summed E-state index contributed by atoms with van der Waals surface area (Å²) in [5.41, 5.74) is 0.430. The van der Waals surface area contributed by atoms with E-state index in [4.69, 9.17) is 11.6 Å². The largest absolute Gasteiger partial charge is 0.469 e. The number of methoxy groups -OCH3 is 1. The van der Waals surface area contributed by atoms with Gasteiger partial charge in [0.1, 0.15) is 0 Å². The third-order valence-corrected chi connectivity index (χ3v) is 3.47. The Morgan fingerprint density at radius 1 is 1.43 bits per heavy atom. The maximum absolute atomic E-state index is 12.6. The molecule has 1 rings (SSSR count). The van der Waals surface area contributed by atoms with Crippen LogP contribution in [-0.4, -0.2) is 48.2 Å². The molecule has 1 N–H and O–H groups in total. The van der Waals surface area contributed by atoms with Gasteiger partial charge < -0.3 is 14.7 Å². The van der Waals surface area contributed by atoms with Gasteiger partial charge in [-0.1, -0.05) is 24.6 Å². The number of nitrogens with zero attached hydrogens (tertiary/aromatic N) is 1. The van der Waals surface area contributed by atoms with Gasteiger partial charge in [0.05, 0.1) is 26.2 Å². The maximum Gasteiger partial charge on any atom is 0.307 e. The Hall–Kier alpha value is -1.59. The molecule has 1 aromatic carbocycles. The highest BCUT2D eigenvalue weighted by atomic mass is 35.5. The zero-order valence-electron chi connectivity index (χ0n) is 12.2. The fourth-order valence-electron chi connectivity index (χ4n) is 2.00. The van der Waals surface area contributed by atoms with Gasteiger partial charge in [0.25, 0.3) is 5.91 Å². The molecule has 0 fully saturated rings. The van der Waals surface area contributed by atoms with Crippen molar-refractivity contribution >= 4 is 23.5 Å². The predicted molar refractivity (Wildman–Crippen MR) is 80.3 cm³/mol. The van der Waals surface area contributed by atoms with Gasteiger partial charge in [-0.25, -0.2) is 0 Å². The molecule has 116 valence electrons. The van der Waals surface area contributed by atoms with E-state index in [9.17, 15) is 14.7 Å². The highest BCUT2D eigenvalue weighted by Crippen LogP contribution is 2.16. The van der Waals surface area contributed by atoms with Crippen LogP contribution in [0.4, 0.5) is 0 Å². The van der Waals surface area contributed by atoms with Gasteiger partial charge in [0.15, 0.2) is 0 Å². The molecule has 0 radical (unpaired) electrons. The van der Waals surface area contributed by atoms with Crippen LogP contribution in [0.5, 0.6) is 0 Å². The van der Waals surface area contributed by atoms with Crippen LogP contribution in [0, 0.1) is 0 Å². The minimum absolute atomic E-state index is 0.0826. The van der Waals surface area contributed by atoms with Crippen LogP contribution in [-0.2, 0) is 9.53 Å². The van der Waals surface area contributed by atoms with E-state index in [2.05, 4.69) is 4.74 Å². The molecule has 0 bridgehead atoms. The van der Waals surface area contributed by atoms with Crippen LogP contribution in [0.25, 0.3) is 0 Å². The van der Waals surface area contributed by atoms with E-state index in [0.717, 1.165) is 0 Å². The first-order chi connectivity index (χ1) is 10.0. The van der Waals surface area contributed by atoms with Crippen molar-refractivity contribution < 1.29 is 19.4 Å². The van der Waals surface area contributed by atoms with Gasteiger partial charge in [-0.15, -0.1) is 0 Å². The quantitative estimate of drug-likeness (QED) is 0.783. The summed E-state index contributed by atoms with van der Waals surface area (Å²) < 4.78 is 4.59. The Morgan fingerprint density at radius 3 is 2.67 bits per heavy atom. The molecule has 5 nitrogen and oxygen atoms in total. The van der Waals surface area contributed by atoms with Crippen LogP contribution in [0.3, 0.4) is 0 Å². The lowest BCUT2D eigenvalue weighted by Crippen LogP contribution is -2.43. The molecular weight excluding hydrogens is 294 g/mol. The molecule has 21 heavy (non-hydrogen) atoms. The zero-order valence-corrected chi connectivity index (χ0v) is 13.0. The second kappa shape index (κ2) is 8.64. The van der Waals surface area contributed by atoms with E-state index in [-0.39, 0.29) is 31.5 Å². The summed E-state index contributed by atoms with van der Waals surface area (Å²) >= 11 is 5.90. The van der Waals surface area contributed by atoms with Crippen molar-refractivity contribution in [3.8, 4) is 0 Å².